The van der Waals surface area contributed by atoms with Crippen molar-refractivity contribution in [2.75, 3.05) is 38.7 Å². The molecule has 0 radical (unpaired) electrons. The molecular formula is C20H24N2O5S. The van der Waals surface area contributed by atoms with Gasteiger partial charge in [-0.1, -0.05) is 18.2 Å². The lowest BCUT2D eigenvalue weighted by atomic mass is 10.1. The molecule has 8 heteroatoms. The van der Waals surface area contributed by atoms with Gasteiger partial charge in [0.05, 0.1) is 31.6 Å². The lowest BCUT2D eigenvalue weighted by molar-refractivity contribution is -0.115. The van der Waals surface area contributed by atoms with Crippen LogP contribution in [0.2, 0.25) is 0 Å². The fourth-order valence-corrected chi connectivity index (χ4v) is 4.49. The van der Waals surface area contributed by atoms with Gasteiger partial charge in [-0.05, 0) is 42.3 Å². The van der Waals surface area contributed by atoms with E-state index in [1.54, 1.807) is 19.2 Å². The van der Waals surface area contributed by atoms with E-state index in [2.05, 4.69) is 5.32 Å². The number of carbonyl (C=O) groups excluding carboxylic acids is 1. The second-order valence-corrected chi connectivity index (χ2v) is 8.51. The van der Waals surface area contributed by atoms with E-state index in [0.29, 0.717) is 32.0 Å². The minimum atomic E-state index is -3.61. The van der Waals surface area contributed by atoms with Crippen molar-refractivity contribution < 1.29 is 22.7 Å². The van der Waals surface area contributed by atoms with Crippen LogP contribution in [-0.2, 0) is 26.0 Å². The summed E-state index contributed by atoms with van der Waals surface area (Å²) in [6.45, 7) is 3.36. The van der Waals surface area contributed by atoms with Crippen molar-refractivity contribution in [3.8, 4) is 5.75 Å². The van der Waals surface area contributed by atoms with E-state index in [1.165, 1.54) is 16.4 Å². The smallest absolute Gasteiger partial charge is 0.243 e. The minimum absolute atomic E-state index is 0.157. The standard InChI is InChI=1S/C20H24N2O5S/c1-15-6-7-16(12-19(15)26-2)13-20(23)21-17-4-3-5-18(14-17)28(24,25)22-8-10-27-11-9-22/h3-7,12,14H,8-11,13H2,1-2H3,(H,21,23). The molecule has 2 aromatic carbocycles. The Balaban J connectivity index is 1.71. The van der Waals surface area contributed by atoms with Gasteiger partial charge >= 0.3 is 0 Å². The Hall–Kier alpha value is -2.42. The number of morpholine rings is 1. The average Bonchev–Trinajstić information content (AvgIpc) is 2.70. The molecule has 0 bridgehead atoms. The number of hydrogen-bond acceptors (Lipinski definition) is 5. The Labute approximate surface area is 165 Å². The van der Waals surface area contributed by atoms with Crippen LogP contribution in [0, 0.1) is 6.92 Å². The molecule has 28 heavy (non-hydrogen) atoms. The first-order chi connectivity index (χ1) is 13.4. The molecule has 0 atom stereocenters. The van der Waals surface area contributed by atoms with Crippen molar-refractivity contribution in [3.05, 3.63) is 53.6 Å². The van der Waals surface area contributed by atoms with Crippen LogP contribution in [0.5, 0.6) is 5.75 Å². The van der Waals surface area contributed by atoms with E-state index >= 15 is 0 Å². The summed E-state index contributed by atoms with van der Waals surface area (Å²) < 4.78 is 37.4. The number of hydrogen-bond donors (Lipinski definition) is 1. The Morgan fingerprint density at radius 2 is 1.93 bits per heavy atom. The van der Waals surface area contributed by atoms with Gasteiger partial charge in [-0.25, -0.2) is 8.42 Å². The second kappa shape index (κ2) is 8.72. The van der Waals surface area contributed by atoms with Crippen molar-refractivity contribution >= 4 is 21.6 Å². The van der Waals surface area contributed by atoms with Crippen LogP contribution in [0.1, 0.15) is 11.1 Å². The zero-order valence-electron chi connectivity index (χ0n) is 16.0. The Morgan fingerprint density at radius 1 is 1.18 bits per heavy atom. The molecule has 1 N–H and O–H groups in total. The summed E-state index contributed by atoms with van der Waals surface area (Å²) in [7, 11) is -2.02. The van der Waals surface area contributed by atoms with Crippen LogP contribution >= 0.6 is 0 Å². The first-order valence-corrected chi connectivity index (χ1v) is 10.5. The summed E-state index contributed by atoms with van der Waals surface area (Å²) >= 11 is 0. The molecule has 1 amide bonds. The Morgan fingerprint density at radius 3 is 2.64 bits per heavy atom. The molecular weight excluding hydrogens is 380 g/mol. The van der Waals surface area contributed by atoms with Crippen LogP contribution in [0.3, 0.4) is 0 Å². The SMILES string of the molecule is COc1cc(CC(=O)Nc2cccc(S(=O)(=O)N3CCOCC3)c2)ccc1C. The zero-order chi connectivity index (χ0) is 20.1. The topological polar surface area (TPSA) is 84.9 Å². The van der Waals surface area contributed by atoms with Crippen LogP contribution in [0.15, 0.2) is 47.4 Å². The fraction of sp³-hybridized carbons (Fsp3) is 0.350. The van der Waals surface area contributed by atoms with E-state index < -0.39 is 10.0 Å². The van der Waals surface area contributed by atoms with E-state index in [-0.39, 0.29) is 17.2 Å². The third-order valence-electron chi connectivity index (χ3n) is 4.56. The maximum absolute atomic E-state index is 12.8. The van der Waals surface area contributed by atoms with Crippen molar-refractivity contribution in [2.45, 2.75) is 18.2 Å². The van der Waals surface area contributed by atoms with Gasteiger partial charge in [0.25, 0.3) is 0 Å². The lowest BCUT2D eigenvalue weighted by Gasteiger charge is -2.26. The number of nitrogens with zero attached hydrogens (tertiary/aromatic N) is 1. The van der Waals surface area contributed by atoms with Gasteiger partial charge in [0, 0.05) is 18.8 Å². The quantitative estimate of drug-likeness (QED) is 0.798. The number of nitrogens with one attached hydrogen (secondary N) is 1. The van der Waals surface area contributed by atoms with Gasteiger partial charge in [0.2, 0.25) is 15.9 Å². The van der Waals surface area contributed by atoms with Crippen LogP contribution < -0.4 is 10.1 Å². The molecule has 2 aromatic rings. The van der Waals surface area contributed by atoms with Crippen LogP contribution in [0.25, 0.3) is 0 Å². The number of sulfonamides is 1. The monoisotopic (exact) mass is 404 g/mol. The number of amides is 1. The van der Waals surface area contributed by atoms with Gasteiger partial charge < -0.3 is 14.8 Å². The molecule has 1 aliphatic rings. The highest BCUT2D eigenvalue weighted by molar-refractivity contribution is 7.89. The Kier molecular flexibility index (Phi) is 6.33. The number of aryl methyl sites for hydroxylation is 1. The van der Waals surface area contributed by atoms with Crippen LogP contribution in [0.4, 0.5) is 5.69 Å². The highest BCUT2D eigenvalue weighted by Crippen LogP contribution is 2.22. The third-order valence-corrected chi connectivity index (χ3v) is 6.46. The third kappa shape index (κ3) is 4.70. The maximum Gasteiger partial charge on any atom is 0.243 e. The van der Waals surface area contributed by atoms with Gasteiger partial charge in [-0.3, -0.25) is 4.79 Å². The maximum atomic E-state index is 12.8. The van der Waals surface area contributed by atoms with E-state index in [0.717, 1.165) is 16.9 Å². The molecule has 150 valence electrons. The molecule has 0 aromatic heterocycles. The van der Waals surface area contributed by atoms with Crippen molar-refractivity contribution in [2.24, 2.45) is 0 Å². The van der Waals surface area contributed by atoms with Gasteiger partial charge in [0.15, 0.2) is 0 Å². The molecule has 3 rings (SSSR count). The summed E-state index contributed by atoms with van der Waals surface area (Å²) in [6, 6.07) is 11.9. The number of anilines is 1. The minimum Gasteiger partial charge on any atom is -0.496 e. The number of rotatable bonds is 6. The van der Waals surface area contributed by atoms with Crippen molar-refractivity contribution in [1.29, 1.82) is 0 Å². The molecule has 1 fully saturated rings. The Bertz CT molecular complexity index is 953. The zero-order valence-corrected chi connectivity index (χ0v) is 16.8. The molecule has 0 spiro atoms. The summed E-state index contributed by atoms with van der Waals surface area (Å²) in [5.74, 6) is 0.496. The fourth-order valence-electron chi connectivity index (χ4n) is 3.04. The number of benzene rings is 2. The number of methoxy groups -OCH3 is 1. The van der Waals surface area contributed by atoms with Gasteiger partial charge in [0.1, 0.15) is 5.75 Å². The predicted molar refractivity (Wildman–Crippen MR) is 106 cm³/mol. The number of ether oxygens (including phenoxy) is 2. The summed E-state index contributed by atoms with van der Waals surface area (Å²) in [4.78, 5) is 12.6. The highest BCUT2D eigenvalue weighted by atomic mass is 32.2. The molecule has 7 nitrogen and oxygen atoms in total. The number of carbonyl (C=O) groups is 1. The van der Waals surface area contributed by atoms with Crippen LogP contribution in [-0.4, -0.2) is 52.0 Å². The van der Waals surface area contributed by atoms with Gasteiger partial charge in [-0.15, -0.1) is 0 Å². The second-order valence-electron chi connectivity index (χ2n) is 6.57. The van der Waals surface area contributed by atoms with E-state index in [4.69, 9.17) is 9.47 Å². The van der Waals surface area contributed by atoms with E-state index in [1.807, 2.05) is 25.1 Å². The molecule has 1 aliphatic heterocycles. The largest absolute Gasteiger partial charge is 0.496 e. The molecule has 0 saturated carbocycles. The molecule has 0 unspecified atom stereocenters. The normalized spacial score (nSPS) is 15.2. The molecule has 0 aliphatic carbocycles. The summed E-state index contributed by atoms with van der Waals surface area (Å²) in [6.07, 6.45) is 0.164. The highest BCUT2D eigenvalue weighted by Gasteiger charge is 2.26. The lowest BCUT2D eigenvalue weighted by Crippen LogP contribution is -2.40. The summed E-state index contributed by atoms with van der Waals surface area (Å²) in [5, 5.41) is 2.77. The average molecular weight is 404 g/mol. The van der Waals surface area contributed by atoms with Crippen molar-refractivity contribution in [1.82, 2.24) is 4.31 Å². The van der Waals surface area contributed by atoms with Crippen molar-refractivity contribution in [3.63, 3.8) is 0 Å². The molecule has 1 heterocycles. The first kappa shape index (κ1) is 20.3. The predicted octanol–water partition coefficient (Wildman–Crippen LogP) is 2.21. The van der Waals surface area contributed by atoms with E-state index in [9.17, 15) is 13.2 Å². The first-order valence-electron chi connectivity index (χ1n) is 9.01. The van der Waals surface area contributed by atoms with Gasteiger partial charge in [-0.2, -0.15) is 4.31 Å². The molecule has 1 saturated heterocycles. The summed E-state index contributed by atoms with van der Waals surface area (Å²) in [5.41, 5.74) is 2.25.